The highest BCUT2D eigenvalue weighted by molar-refractivity contribution is 8.00. The van der Waals surface area contributed by atoms with Crippen molar-refractivity contribution in [2.24, 2.45) is 0 Å². The smallest absolute Gasteiger partial charge is 0.0607 e. The summed E-state index contributed by atoms with van der Waals surface area (Å²) in [5.41, 5.74) is -0.362. The Morgan fingerprint density at radius 1 is 1.58 bits per heavy atom. The van der Waals surface area contributed by atoms with E-state index in [9.17, 15) is 9.90 Å². The molecule has 0 aliphatic carbocycles. The van der Waals surface area contributed by atoms with Crippen LogP contribution in [0.15, 0.2) is 0 Å². The molecular weight excluding hydrogens is 194 g/mol. The highest BCUT2D eigenvalue weighted by atomic mass is 32.1. The fraction of sp³-hybridized carbons (Fsp3) is 0.714. The zero-order valence-electron chi connectivity index (χ0n) is 7.29. The van der Waals surface area contributed by atoms with Gasteiger partial charge in [-0.3, -0.25) is 0 Å². The summed E-state index contributed by atoms with van der Waals surface area (Å²) in [4.78, 5) is 11.7. The van der Waals surface area contributed by atoms with E-state index in [-0.39, 0.29) is 16.4 Å². The van der Waals surface area contributed by atoms with Gasteiger partial charge >= 0.3 is 0 Å². The maximum Gasteiger partial charge on any atom is 0.0607 e. The minimum absolute atomic E-state index is 0.159. The molecule has 12 heavy (non-hydrogen) atoms. The van der Waals surface area contributed by atoms with Gasteiger partial charge < -0.3 is 39.6 Å². The molecule has 70 valence electrons. The SMILES string of the molecule is CC(C)(C)N(CC(=O)[O-])C(=S)[S-]. The third kappa shape index (κ3) is 3.82. The lowest BCUT2D eigenvalue weighted by Gasteiger charge is -2.40. The van der Waals surface area contributed by atoms with Crippen molar-refractivity contribution in [3.05, 3.63) is 0 Å². The number of carbonyl (C=O) groups excluding carboxylic acids is 1. The first-order chi connectivity index (χ1) is 5.25. The first-order valence-electron chi connectivity index (χ1n) is 3.43. The predicted octanol–water partition coefficient (Wildman–Crippen LogP) is -0.331. The molecule has 0 unspecified atom stereocenters. The average Bonchev–Trinajstić information content (AvgIpc) is 1.79. The molecule has 0 atom stereocenters. The van der Waals surface area contributed by atoms with Gasteiger partial charge in [-0.1, -0.05) is 4.32 Å². The third-order valence-corrected chi connectivity index (χ3v) is 1.76. The van der Waals surface area contributed by atoms with Crippen LogP contribution in [-0.4, -0.2) is 27.3 Å². The quantitative estimate of drug-likeness (QED) is 0.456. The van der Waals surface area contributed by atoms with Crippen LogP contribution in [0.5, 0.6) is 0 Å². The molecule has 0 radical (unpaired) electrons. The van der Waals surface area contributed by atoms with E-state index in [0.717, 1.165) is 0 Å². The van der Waals surface area contributed by atoms with Crippen molar-refractivity contribution >= 4 is 35.1 Å². The molecule has 0 spiro atoms. The summed E-state index contributed by atoms with van der Waals surface area (Å²) >= 11 is 9.47. The molecule has 0 N–H and O–H groups in total. The van der Waals surface area contributed by atoms with Gasteiger partial charge in [0.05, 0.1) is 12.5 Å². The van der Waals surface area contributed by atoms with Crippen LogP contribution in [0, 0.1) is 0 Å². The van der Waals surface area contributed by atoms with Gasteiger partial charge in [0, 0.05) is 5.54 Å². The van der Waals surface area contributed by atoms with Crippen molar-refractivity contribution in [1.82, 2.24) is 4.90 Å². The Morgan fingerprint density at radius 3 is 2.08 bits per heavy atom. The van der Waals surface area contributed by atoms with E-state index < -0.39 is 5.97 Å². The molecule has 0 saturated heterocycles. The Hall–Kier alpha value is -0.420. The fourth-order valence-corrected chi connectivity index (χ4v) is 1.38. The maximum atomic E-state index is 10.3. The normalized spacial score (nSPS) is 10.9. The van der Waals surface area contributed by atoms with E-state index >= 15 is 0 Å². The number of carboxylic acid groups (broad SMARTS) is 1. The Labute approximate surface area is 83.2 Å². The number of rotatable bonds is 2. The van der Waals surface area contributed by atoms with Crippen LogP contribution in [0.1, 0.15) is 20.8 Å². The molecular formula is C7H11NO2S2-2. The molecule has 0 aliphatic rings. The fourth-order valence-electron chi connectivity index (χ4n) is 0.705. The number of aliphatic carboxylic acids is 1. The largest absolute Gasteiger partial charge is 0.548 e. The Balaban J connectivity index is 4.46. The van der Waals surface area contributed by atoms with E-state index in [2.05, 4.69) is 0 Å². The molecule has 5 heteroatoms. The molecule has 0 saturated carbocycles. The molecule has 0 aromatic heterocycles. The molecule has 0 rings (SSSR count). The van der Waals surface area contributed by atoms with Crippen molar-refractivity contribution in [1.29, 1.82) is 0 Å². The number of hydrogen-bond acceptors (Lipinski definition) is 4. The van der Waals surface area contributed by atoms with E-state index in [1.54, 1.807) is 0 Å². The number of carbonyl (C=O) groups is 1. The first kappa shape index (κ1) is 11.6. The molecule has 0 amide bonds. The number of thiocarbonyl (C=S) groups is 1. The molecule has 0 heterocycles. The van der Waals surface area contributed by atoms with Crippen LogP contribution in [0.4, 0.5) is 0 Å². The minimum atomic E-state index is -1.17. The third-order valence-electron chi connectivity index (χ3n) is 1.32. The zero-order chi connectivity index (χ0) is 9.94. The summed E-state index contributed by atoms with van der Waals surface area (Å²) < 4.78 is 0.159. The topological polar surface area (TPSA) is 43.4 Å². The lowest BCUT2D eigenvalue weighted by atomic mass is 10.1. The Kier molecular flexibility index (Phi) is 3.86. The van der Waals surface area contributed by atoms with E-state index in [0.29, 0.717) is 0 Å². The summed E-state index contributed by atoms with van der Waals surface area (Å²) in [6.07, 6.45) is 0. The van der Waals surface area contributed by atoms with Crippen molar-refractivity contribution < 1.29 is 9.90 Å². The highest BCUT2D eigenvalue weighted by Gasteiger charge is 2.18. The molecule has 0 bridgehead atoms. The van der Waals surface area contributed by atoms with Crippen molar-refractivity contribution in [2.75, 3.05) is 6.54 Å². The van der Waals surface area contributed by atoms with Gasteiger partial charge in [-0.15, -0.1) is 0 Å². The van der Waals surface area contributed by atoms with Crippen LogP contribution in [0.25, 0.3) is 0 Å². The van der Waals surface area contributed by atoms with Crippen LogP contribution in [0.2, 0.25) is 0 Å². The maximum absolute atomic E-state index is 10.3. The number of hydrogen-bond donors (Lipinski definition) is 0. The van der Waals surface area contributed by atoms with E-state index in [4.69, 9.17) is 24.8 Å². The summed E-state index contributed by atoms with van der Waals surface area (Å²) in [7, 11) is 0. The molecule has 0 fully saturated rings. The molecule has 0 aliphatic heterocycles. The summed E-state index contributed by atoms with van der Waals surface area (Å²) in [5.74, 6) is -1.17. The second-order valence-corrected chi connectivity index (χ2v) is 4.43. The van der Waals surface area contributed by atoms with E-state index in [1.807, 2.05) is 20.8 Å². The van der Waals surface area contributed by atoms with Crippen LogP contribution >= 0.6 is 12.2 Å². The van der Waals surface area contributed by atoms with Crippen LogP contribution in [-0.2, 0) is 17.4 Å². The predicted molar refractivity (Wildman–Crippen MR) is 51.4 cm³/mol. The summed E-state index contributed by atoms with van der Waals surface area (Å²) in [6, 6.07) is 0. The van der Waals surface area contributed by atoms with Crippen molar-refractivity contribution in [3.8, 4) is 0 Å². The van der Waals surface area contributed by atoms with Crippen molar-refractivity contribution in [2.45, 2.75) is 26.3 Å². The summed E-state index contributed by atoms with van der Waals surface area (Å²) in [6.45, 7) is 5.28. The standard InChI is InChI=1S/C7H13NO2S2/c1-7(2,3)8(6(11)12)4-5(9)10/h4H2,1-3H3,(H,9,10)(H,11,12)/p-2. The van der Waals surface area contributed by atoms with Gasteiger partial charge in [-0.25, -0.2) is 0 Å². The van der Waals surface area contributed by atoms with Gasteiger partial charge in [0.2, 0.25) is 0 Å². The Bertz CT molecular complexity index is 198. The lowest BCUT2D eigenvalue weighted by molar-refractivity contribution is -0.306. The Morgan fingerprint density at radius 2 is 2.00 bits per heavy atom. The second-order valence-electron chi connectivity index (χ2n) is 3.39. The van der Waals surface area contributed by atoms with Crippen molar-refractivity contribution in [3.63, 3.8) is 0 Å². The van der Waals surface area contributed by atoms with Gasteiger partial charge in [0.1, 0.15) is 0 Å². The highest BCUT2D eigenvalue weighted by Crippen LogP contribution is 2.12. The molecule has 3 nitrogen and oxygen atoms in total. The lowest BCUT2D eigenvalue weighted by Crippen LogP contribution is -2.49. The van der Waals surface area contributed by atoms with Gasteiger partial charge in [0.15, 0.2) is 0 Å². The first-order valence-corrected chi connectivity index (χ1v) is 4.25. The number of carboxylic acids is 1. The molecule has 0 aromatic carbocycles. The van der Waals surface area contributed by atoms with Gasteiger partial charge in [-0.05, 0) is 20.8 Å². The zero-order valence-corrected chi connectivity index (χ0v) is 8.92. The monoisotopic (exact) mass is 205 g/mol. The summed E-state index contributed by atoms with van der Waals surface area (Å²) in [5, 5.41) is 10.3. The van der Waals surface area contributed by atoms with Crippen LogP contribution < -0.4 is 5.11 Å². The van der Waals surface area contributed by atoms with Gasteiger partial charge in [0.25, 0.3) is 0 Å². The second kappa shape index (κ2) is 4.00. The van der Waals surface area contributed by atoms with Gasteiger partial charge in [-0.2, -0.15) is 0 Å². The average molecular weight is 205 g/mol. The van der Waals surface area contributed by atoms with E-state index in [1.165, 1.54) is 4.90 Å². The van der Waals surface area contributed by atoms with Crippen LogP contribution in [0.3, 0.4) is 0 Å². The number of nitrogens with zero attached hydrogens (tertiary/aromatic N) is 1. The minimum Gasteiger partial charge on any atom is -0.548 e. The molecule has 0 aromatic rings.